The number of benzene rings is 1. The number of hydrogen-bond acceptors (Lipinski definition) is 5. The zero-order valence-corrected chi connectivity index (χ0v) is 20.0. The highest BCUT2D eigenvalue weighted by Gasteiger charge is 2.57. The minimum Gasteiger partial charge on any atom is -0.381 e. The molecule has 1 aliphatic carbocycles. The van der Waals surface area contributed by atoms with Crippen LogP contribution in [0.5, 0.6) is 0 Å². The maximum absolute atomic E-state index is 13.7. The van der Waals surface area contributed by atoms with E-state index in [-0.39, 0.29) is 23.9 Å². The maximum Gasteiger partial charge on any atom is 0.241 e. The summed E-state index contributed by atoms with van der Waals surface area (Å²) in [7, 11) is 0. The SMILES string of the molecule is Cc1c(Br)sc2c1C(=O)C1(CCC1)C(=O)N2CC(OC1CCOCC1)c1ccccc1. The number of ketones is 1. The Balaban J connectivity index is 1.52. The number of amides is 1. The molecule has 1 aromatic heterocycles. The standard InChI is InChI=1S/C24H26BrNO4S/c1-15-19-20(27)24(10-5-11-24)23(28)26(22(19)31-21(15)25)14-18(16-6-3-2-4-7-16)30-17-8-12-29-13-9-17/h2-4,6-7,17-18H,5,8-14H2,1H3. The fourth-order valence-corrected chi connectivity index (χ4v) is 6.56. The molecule has 1 atom stereocenters. The van der Waals surface area contributed by atoms with Gasteiger partial charge < -0.3 is 9.47 Å². The third kappa shape index (κ3) is 3.59. The summed E-state index contributed by atoms with van der Waals surface area (Å²) in [6, 6.07) is 10.1. The number of ether oxygens (including phenoxy) is 2. The molecule has 1 amide bonds. The van der Waals surface area contributed by atoms with Crippen molar-refractivity contribution in [2.24, 2.45) is 5.41 Å². The van der Waals surface area contributed by atoms with E-state index in [0.717, 1.165) is 39.2 Å². The number of fused-ring (bicyclic) bond motifs is 1. The highest BCUT2D eigenvalue weighted by Crippen LogP contribution is 2.54. The van der Waals surface area contributed by atoms with Crippen LogP contribution in [0.25, 0.3) is 0 Å². The molecule has 0 N–H and O–H groups in total. The van der Waals surface area contributed by atoms with Crippen LogP contribution in [-0.2, 0) is 14.3 Å². The van der Waals surface area contributed by atoms with Gasteiger partial charge in [-0.2, -0.15) is 0 Å². The van der Waals surface area contributed by atoms with Gasteiger partial charge >= 0.3 is 0 Å². The van der Waals surface area contributed by atoms with Crippen LogP contribution in [0, 0.1) is 12.3 Å². The van der Waals surface area contributed by atoms with Crippen LogP contribution in [0.3, 0.4) is 0 Å². The van der Waals surface area contributed by atoms with Gasteiger partial charge in [0.25, 0.3) is 0 Å². The van der Waals surface area contributed by atoms with Crippen molar-refractivity contribution in [1.29, 1.82) is 0 Å². The Labute approximate surface area is 194 Å². The van der Waals surface area contributed by atoms with Crippen LogP contribution >= 0.6 is 27.3 Å². The van der Waals surface area contributed by atoms with Crippen molar-refractivity contribution in [2.45, 2.75) is 51.2 Å². The first-order valence-corrected chi connectivity index (χ1v) is 12.6. The van der Waals surface area contributed by atoms with E-state index in [9.17, 15) is 9.59 Å². The number of nitrogens with zero attached hydrogens (tertiary/aromatic N) is 1. The Kier molecular flexibility index (Phi) is 5.79. The number of thiophene rings is 1. The van der Waals surface area contributed by atoms with Crippen LogP contribution in [-0.4, -0.2) is 37.6 Å². The van der Waals surface area contributed by atoms with E-state index in [1.807, 2.05) is 30.0 Å². The largest absolute Gasteiger partial charge is 0.381 e. The first-order valence-electron chi connectivity index (χ1n) is 10.9. The monoisotopic (exact) mass is 503 g/mol. The van der Waals surface area contributed by atoms with E-state index in [2.05, 4.69) is 28.1 Å². The molecule has 1 aromatic carbocycles. The van der Waals surface area contributed by atoms with E-state index in [0.29, 0.717) is 38.2 Å². The van der Waals surface area contributed by atoms with Crippen molar-refractivity contribution in [1.82, 2.24) is 0 Å². The average Bonchev–Trinajstić information content (AvgIpc) is 3.05. The topological polar surface area (TPSA) is 55.8 Å². The second-order valence-corrected chi connectivity index (χ2v) is 11.0. The van der Waals surface area contributed by atoms with Crippen LogP contribution < -0.4 is 4.90 Å². The van der Waals surface area contributed by atoms with Crippen molar-refractivity contribution < 1.29 is 19.1 Å². The molecule has 1 saturated heterocycles. The molecular weight excluding hydrogens is 478 g/mol. The van der Waals surface area contributed by atoms with Crippen molar-refractivity contribution >= 4 is 44.0 Å². The van der Waals surface area contributed by atoms with Crippen LogP contribution in [0.15, 0.2) is 34.1 Å². The summed E-state index contributed by atoms with van der Waals surface area (Å²) in [4.78, 5) is 28.9. The summed E-state index contributed by atoms with van der Waals surface area (Å²) in [5.41, 5.74) is 1.83. The Morgan fingerprint density at radius 3 is 2.58 bits per heavy atom. The van der Waals surface area contributed by atoms with E-state index in [1.54, 1.807) is 0 Å². The molecule has 1 saturated carbocycles. The summed E-state index contributed by atoms with van der Waals surface area (Å²) < 4.78 is 13.0. The fourth-order valence-electron chi connectivity index (χ4n) is 4.86. The van der Waals surface area contributed by atoms with Crippen molar-refractivity contribution in [3.63, 3.8) is 0 Å². The second-order valence-electron chi connectivity index (χ2n) is 8.71. The highest BCUT2D eigenvalue weighted by atomic mass is 79.9. The molecule has 7 heteroatoms. The Bertz CT molecular complexity index is 995. The number of hydrogen-bond donors (Lipinski definition) is 0. The van der Waals surface area contributed by atoms with E-state index >= 15 is 0 Å². The quantitative estimate of drug-likeness (QED) is 0.508. The number of carbonyl (C=O) groups excluding carboxylic acids is 2. The summed E-state index contributed by atoms with van der Waals surface area (Å²) in [6.45, 7) is 3.78. The van der Waals surface area contributed by atoms with Gasteiger partial charge in [-0.25, -0.2) is 0 Å². The molecule has 5 rings (SSSR count). The lowest BCUT2D eigenvalue weighted by atomic mass is 9.62. The maximum atomic E-state index is 13.7. The molecule has 3 aliphatic rings. The lowest BCUT2D eigenvalue weighted by Gasteiger charge is -2.46. The average molecular weight is 504 g/mol. The van der Waals surface area contributed by atoms with E-state index < -0.39 is 5.41 Å². The molecule has 1 unspecified atom stereocenters. The third-order valence-corrected chi connectivity index (χ3v) is 9.07. The van der Waals surface area contributed by atoms with E-state index in [4.69, 9.17) is 9.47 Å². The summed E-state index contributed by atoms with van der Waals surface area (Å²) in [5, 5.41) is 0.758. The van der Waals surface area contributed by atoms with Gasteiger partial charge in [0, 0.05) is 13.2 Å². The van der Waals surface area contributed by atoms with Gasteiger partial charge in [0.05, 0.1) is 22.0 Å². The molecule has 3 heterocycles. The molecule has 2 fully saturated rings. The molecule has 1 spiro atoms. The normalized spacial score (nSPS) is 21.8. The van der Waals surface area contributed by atoms with Gasteiger partial charge in [-0.3, -0.25) is 14.5 Å². The summed E-state index contributed by atoms with van der Waals surface area (Å²) in [5.74, 6) is -0.0439. The van der Waals surface area contributed by atoms with Crippen molar-refractivity contribution in [3.05, 3.63) is 50.8 Å². The Morgan fingerprint density at radius 2 is 1.94 bits per heavy atom. The number of carbonyl (C=O) groups is 2. The summed E-state index contributed by atoms with van der Waals surface area (Å²) in [6.07, 6.45) is 3.77. The molecule has 0 bridgehead atoms. The first kappa shape index (κ1) is 21.3. The molecule has 31 heavy (non-hydrogen) atoms. The van der Waals surface area contributed by atoms with Crippen LogP contribution in [0.4, 0.5) is 5.00 Å². The zero-order valence-electron chi connectivity index (χ0n) is 17.6. The smallest absolute Gasteiger partial charge is 0.241 e. The summed E-state index contributed by atoms with van der Waals surface area (Å²) >= 11 is 5.08. The molecule has 5 nitrogen and oxygen atoms in total. The molecule has 2 aromatic rings. The molecule has 164 valence electrons. The minimum atomic E-state index is -0.877. The van der Waals surface area contributed by atoms with Gasteiger partial charge in [-0.1, -0.05) is 36.8 Å². The third-order valence-electron chi connectivity index (χ3n) is 6.88. The van der Waals surface area contributed by atoms with E-state index in [1.165, 1.54) is 11.3 Å². The highest BCUT2D eigenvalue weighted by molar-refractivity contribution is 9.11. The second kappa shape index (κ2) is 8.43. The Hall–Kier alpha value is -1.54. The van der Waals surface area contributed by atoms with Crippen molar-refractivity contribution in [2.75, 3.05) is 24.7 Å². The fraction of sp³-hybridized carbons (Fsp3) is 0.500. The minimum absolute atomic E-state index is 0.0102. The lowest BCUT2D eigenvalue weighted by molar-refractivity contribution is -0.131. The van der Waals surface area contributed by atoms with Gasteiger partial charge in [0.15, 0.2) is 5.78 Å². The van der Waals surface area contributed by atoms with Crippen LogP contribution in [0.2, 0.25) is 0 Å². The van der Waals surface area contributed by atoms with Crippen LogP contribution in [0.1, 0.15) is 59.7 Å². The zero-order chi connectivity index (χ0) is 21.6. The Morgan fingerprint density at radius 1 is 1.23 bits per heavy atom. The van der Waals surface area contributed by atoms with Crippen molar-refractivity contribution in [3.8, 4) is 0 Å². The molecular formula is C24H26BrNO4S. The number of Topliss-reactive ketones (excluding diaryl/α,β-unsaturated/α-hetero) is 1. The predicted octanol–water partition coefficient (Wildman–Crippen LogP) is 5.46. The lowest BCUT2D eigenvalue weighted by Crippen LogP contribution is -2.57. The van der Waals surface area contributed by atoms with Gasteiger partial charge in [-0.05, 0) is 59.7 Å². The number of anilines is 1. The van der Waals surface area contributed by atoms with Gasteiger partial charge in [0.1, 0.15) is 16.5 Å². The number of halogens is 1. The van der Waals surface area contributed by atoms with Gasteiger partial charge in [0.2, 0.25) is 5.91 Å². The molecule has 0 radical (unpaired) electrons. The first-order chi connectivity index (χ1) is 15.0. The predicted molar refractivity (Wildman–Crippen MR) is 124 cm³/mol. The number of rotatable bonds is 5. The van der Waals surface area contributed by atoms with Gasteiger partial charge in [-0.15, -0.1) is 11.3 Å². The molecule has 2 aliphatic heterocycles.